The number of nitrogens with one attached hydrogen (secondary N) is 1. The molecule has 0 fully saturated rings. The molecule has 1 amide bonds. The molecule has 2 aromatic heterocycles. The van der Waals surface area contributed by atoms with Gasteiger partial charge in [-0.1, -0.05) is 11.2 Å². The van der Waals surface area contributed by atoms with E-state index < -0.39 is 0 Å². The lowest BCUT2D eigenvalue weighted by atomic mass is 10.1. The molecule has 0 atom stereocenters. The predicted octanol–water partition coefficient (Wildman–Crippen LogP) is 4.34. The van der Waals surface area contributed by atoms with Crippen LogP contribution in [-0.2, 0) is 6.42 Å². The van der Waals surface area contributed by atoms with Gasteiger partial charge in [-0.05, 0) is 63.1 Å². The first-order valence-electron chi connectivity index (χ1n) is 7.82. The van der Waals surface area contributed by atoms with Crippen molar-refractivity contribution in [2.24, 2.45) is 0 Å². The second-order valence-corrected chi connectivity index (χ2v) is 6.08. The third kappa shape index (κ3) is 3.40. The third-order valence-electron chi connectivity index (χ3n) is 3.90. The van der Waals surface area contributed by atoms with Gasteiger partial charge in [0, 0.05) is 17.7 Å². The standard InChI is InChI=1S/C19H20N2O3/c1-11-7-12(2)9-15(8-11)20-19(22)18-6-5-16(23-18)10-17-13(3)21-24-14(17)4/h5-9H,10H2,1-4H3,(H,20,22). The number of carbonyl (C=O) groups is 1. The summed E-state index contributed by atoms with van der Waals surface area (Å²) in [7, 11) is 0. The molecule has 1 N–H and O–H groups in total. The maximum absolute atomic E-state index is 12.4. The Hall–Kier alpha value is -2.82. The summed E-state index contributed by atoms with van der Waals surface area (Å²) in [5, 5.41) is 6.80. The Morgan fingerprint density at radius 2 is 1.79 bits per heavy atom. The van der Waals surface area contributed by atoms with Crippen molar-refractivity contribution in [1.29, 1.82) is 0 Å². The summed E-state index contributed by atoms with van der Waals surface area (Å²) in [6.45, 7) is 7.75. The van der Waals surface area contributed by atoms with E-state index in [1.54, 1.807) is 6.07 Å². The van der Waals surface area contributed by atoms with Gasteiger partial charge >= 0.3 is 0 Å². The topological polar surface area (TPSA) is 68.3 Å². The van der Waals surface area contributed by atoms with Crippen LogP contribution in [0.1, 0.15) is 44.5 Å². The molecule has 0 unspecified atom stereocenters. The molecule has 124 valence electrons. The van der Waals surface area contributed by atoms with Crippen molar-refractivity contribution < 1.29 is 13.7 Å². The smallest absolute Gasteiger partial charge is 0.291 e. The number of furan rings is 1. The zero-order valence-corrected chi connectivity index (χ0v) is 14.3. The molecule has 0 saturated carbocycles. The number of aromatic nitrogens is 1. The van der Waals surface area contributed by atoms with E-state index in [2.05, 4.69) is 16.5 Å². The van der Waals surface area contributed by atoms with Gasteiger partial charge in [-0.15, -0.1) is 0 Å². The van der Waals surface area contributed by atoms with Gasteiger partial charge < -0.3 is 14.3 Å². The number of amides is 1. The summed E-state index contributed by atoms with van der Waals surface area (Å²) in [5.74, 6) is 1.50. The van der Waals surface area contributed by atoms with E-state index in [0.717, 1.165) is 33.8 Å². The number of anilines is 1. The minimum Gasteiger partial charge on any atom is -0.456 e. The van der Waals surface area contributed by atoms with Crippen LogP contribution in [0.25, 0.3) is 0 Å². The quantitative estimate of drug-likeness (QED) is 0.775. The van der Waals surface area contributed by atoms with Crippen molar-refractivity contribution in [1.82, 2.24) is 5.16 Å². The van der Waals surface area contributed by atoms with Crippen LogP contribution in [-0.4, -0.2) is 11.1 Å². The van der Waals surface area contributed by atoms with E-state index in [0.29, 0.717) is 12.2 Å². The highest BCUT2D eigenvalue weighted by molar-refractivity contribution is 6.02. The van der Waals surface area contributed by atoms with E-state index in [4.69, 9.17) is 8.94 Å². The van der Waals surface area contributed by atoms with Crippen molar-refractivity contribution in [2.75, 3.05) is 5.32 Å². The molecule has 0 aliphatic heterocycles. The largest absolute Gasteiger partial charge is 0.456 e. The summed E-state index contributed by atoms with van der Waals surface area (Å²) in [6, 6.07) is 9.41. The monoisotopic (exact) mass is 324 g/mol. The predicted molar refractivity (Wildman–Crippen MR) is 91.4 cm³/mol. The van der Waals surface area contributed by atoms with Crippen molar-refractivity contribution in [3.8, 4) is 0 Å². The number of rotatable bonds is 4. The molecule has 0 aliphatic carbocycles. The zero-order chi connectivity index (χ0) is 17.3. The van der Waals surface area contributed by atoms with Crippen LogP contribution in [0.4, 0.5) is 5.69 Å². The second-order valence-electron chi connectivity index (χ2n) is 6.08. The van der Waals surface area contributed by atoms with E-state index in [-0.39, 0.29) is 11.7 Å². The van der Waals surface area contributed by atoms with Gasteiger partial charge in [0.05, 0.1) is 5.69 Å². The number of benzene rings is 1. The van der Waals surface area contributed by atoms with E-state index in [1.165, 1.54) is 0 Å². The first-order chi connectivity index (χ1) is 11.4. The zero-order valence-electron chi connectivity index (χ0n) is 14.3. The van der Waals surface area contributed by atoms with Crippen LogP contribution in [0.2, 0.25) is 0 Å². The Balaban J connectivity index is 1.74. The maximum atomic E-state index is 12.4. The van der Waals surface area contributed by atoms with Crippen molar-refractivity contribution in [2.45, 2.75) is 34.1 Å². The van der Waals surface area contributed by atoms with Crippen LogP contribution in [0.15, 0.2) is 39.3 Å². The van der Waals surface area contributed by atoms with Gasteiger partial charge in [0.15, 0.2) is 5.76 Å². The SMILES string of the molecule is Cc1cc(C)cc(NC(=O)c2ccc(Cc3c(C)noc3C)o2)c1. The molecule has 5 heteroatoms. The van der Waals surface area contributed by atoms with Crippen molar-refractivity contribution in [3.63, 3.8) is 0 Å². The Labute approximate surface area is 140 Å². The van der Waals surface area contributed by atoms with Crippen LogP contribution in [0.5, 0.6) is 0 Å². The summed E-state index contributed by atoms with van der Waals surface area (Å²) in [5.41, 5.74) is 4.80. The van der Waals surface area contributed by atoms with Gasteiger partial charge in [0.1, 0.15) is 11.5 Å². The lowest BCUT2D eigenvalue weighted by Gasteiger charge is -2.06. The van der Waals surface area contributed by atoms with E-state index in [9.17, 15) is 4.79 Å². The Morgan fingerprint density at radius 3 is 2.42 bits per heavy atom. The van der Waals surface area contributed by atoms with Gasteiger partial charge in [-0.3, -0.25) is 4.79 Å². The average Bonchev–Trinajstić information content (AvgIpc) is 3.08. The van der Waals surface area contributed by atoms with Crippen LogP contribution < -0.4 is 5.32 Å². The minimum absolute atomic E-state index is 0.259. The number of nitrogens with zero attached hydrogens (tertiary/aromatic N) is 1. The lowest BCUT2D eigenvalue weighted by molar-refractivity contribution is 0.0995. The third-order valence-corrected chi connectivity index (χ3v) is 3.90. The number of hydrogen-bond donors (Lipinski definition) is 1. The molecule has 0 bridgehead atoms. The molecule has 0 aliphatic rings. The summed E-state index contributed by atoms with van der Waals surface area (Å²) in [4.78, 5) is 12.4. The molecule has 0 saturated heterocycles. The van der Waals surface area contributed by atoms with Crippen molar-refractivity contribution in [3.05, 3.63) is 70.0 Å². The first kappa shape index (κ1) is 16.1. The molecule has 3 rings (SSSR count). The molecular weight excluding hydrogens is 304 g/mol. The van der Waals surface area contributed by atoms with Crippen LogP contribution in [0, 0.1) is 27.7 Å². The van der Waals surface area contributed by atoms with Crippen molar-refractivity contribution >= 4 is 11.6 Å². The van der Waals surface area contributed by atoms with E-state index >= 15 is 0 Å². The molecule has 5 nitrogen and oxygen atoms in total. The fourth-order valence-electron chi connectivity index (χ4n) is 2.76. The lowest BCUT2D eigenvalue weighted by Crippen LogP contribution is -2.11. The number of aryl methyl sites for hydroxylation is 4. The molecule has 0 spiro atoms. The van der Waals surface area contributed by atoms with Gasteiger partial charge in [0.2, 0.25) is 0 Å². The Bertz CT molecular complexity index is 850. The molecule has 24 heavy (non-hydrogen) atoms. The Kier molecular flexibility index (Phi) is 4.25. The highest BCUT2D eigenvalue weighted by Crippen LogP contribution is 2.20. The Morgan fingerprint density at radius 1 is 1.08 bits per heavy atom. The second kappa shape index (κ2) is 6.35. The molecule has 3 aromatic rings. The fraction of sp³-hybridized carbons (Fsp3) is 0.263. The van der Waals surface area contributed by atoms with Gasteiger partial charge in [-0.2, -0.15) is 0 Å². The maximum Gasteiger partial charge on any atom is 0.291 e. The molecular formula is C19H20N2O3. The summed E-state index contributed by atoms with van der Waals surface area (Å²) >= 11 is 0. The van der Waals surface area contributed by atoms with Crippen LogP contribution in [0.3, 0.4) is 0 Å². The summed E-state index contributed by atoms with van der Waals surface area (Å²) in [6.07, 6.45) is 0.554. The van der Waals surface area contributed by atoms with E-state index in [1.807, 2.05) is 45.9 Å². The van der Waals surface area contributed by atoms with Gasteiger partial charge in [0.25, 0.3) is 5.91 Å². The molecule has 1 aromatic carbocycles. The molecule has 2 heterocycles. The van der Waals surface area contributed by atoms with Gasteiger partial charge in [-0.25, -0.2) is 0 Å². The molecule has 0 radical (unpaired) electrons. The van der Waals surface area contributed by atoms with Crippen LogP contribution >= 0.6 is 0 Å². The number of hydrogen-bond acceptors (Lipinski definition) is 4. The normalized spacial score (nSPS) is 10.8. The average molecular weight is 324 g/mol. The minimum atomic E-state index is -0.259. The first-order valence-corrected chi connectivity index (χ1v) is 7.82. The fourth-order valence-corrected chi connectivity index (χ4v) is 2.76. The highest BCUT2D eigenvalue weighted by Gasteiger charge is 2.15. The highest BCUT2D eigenvalue weighted by atomic mass is 16.5. The summed E-state index contributed by atoms with van der Waals surface area (Å²) < 4.78 is 10.8. The number of carbonyl (C=O) groups excluding carboxylic acids is 1.